The average Bonchev–Trinajstić information content (AvgIpc) is 2.68. The first-order valence-corrected chi connectivity index (χ1v) is 9.13. The van der Waals surface area contributed by atoms with E-state index in [1.165, 1.54) is 14.2 Å². The number of carbonyl (C=O) groups is 2. The number of esters is 2. The predicted octanol–water partition coefficient (Wildman–Crippen LogP) is 3.24. The molecule has 2 N–H and O–H groups in total. The molecule has 0 aliphatic heterocycles. The molecule has 0 spiro atoms. The third kappa shape index (κ3) is 6.30. The Morgan fingerprint density at radius 3 is 1.96 bits per heavy atom. The fraction of sp³-hybridized carbons (Fsp3) is 0.364. The van der Waals surface area contributed by atoms with Crippen LogP contribution in [0.25, 0.3) is 0 Å². The number of aromatic hydroxyl groups is 2. The molecule has 0 amide bonds. The first-order chi connectivity index (χ1) is 13.4. The average molecular weight is 386 g/mol. The summed E-state index contributed by atoms with van der Waals surface area (Å²) in [7, 11) is 2.67. The molecule has 0 saturated heterocycles. The van der Waals surface area contributed by atoms with Crippen molar-refractivity contribution < 1.29 is 29.3 Å². The summed E-state index contributed by atoms with van der Waals surface area (Å²) >= 11 is 0. The van der Waals surface area contributed by atoms with Crippen LogP contribution in [-0.4, -0.2) is 36.4 Å². The molecule has 0 radical (unpaired) electrons. The number of benzene rings is 2. The fourth-order valence-corrected chi connectivity index (χ4v) is 3.37. The van der Waals surface area contributed by atoms with E-state index in [1.807, 2.05) is 12.1 Å². The molecule has 0 saturated carbocycles. The molecule has 0 unspecified atom stereocenters. The molecule has 150 valence electrons. The summed E-state index contributed by atoms with van der Waals surface area (Å²) in [6, 6.07) is 13.6. The maximum Gasteiger partial charge on any atom is 0.309 e. The molecule has 0 aliphatic carbocycles. The third-order valence-electron chi connectivity index (χ3n) is 4.79. The first kappa shape index (κ1) is 21.3. The number of phenols is 2. The van der Waals surface area contributed by atoms with Crippen LogP contribution < -0.4 is 0 Å². The minimum Gasteiger partial charge on any atom is -0.508 e. The highest BCUT2D eigenvalue weighted by Crippen LogP contribution is 2.29. The molecule has 0 heterocycles. The lowest BCUT2D eigenvalue weighted by atomic mass is 9.80. The van der Waals surface area contributed by atoms with Crippen molar-refractivity contribution in [2.45, 2.75) is 25.7 Å². The zero-order chi connectivity index (χ0) is 20.5. The summed E-state index contributed by atoms with van der Waals surface area (Å²) in [5.41, 5.74) is 1.66. The molecule has 0 aliphatic rings. The molecule has 6 heteroatoms. The van der Waals surface area contributed by atoms with Gasteiger partial charge in [-0.25, -0.2) is 0 Å². The van der Waals surface area contributed by atoms with Crippen molar-refractivity contribution >= 4 is 11.9 Å². The van der Waals surface area contributed by atoms with Crippen LogP contribution in [0.4, 0.5) is 0 Å². The molecule has 0 bridgehead atoms. The maximum atomic E-state index is 12.6. The summed E-state index contributed by atoms with van der Waals surface area (Å²) in [5, 5.41) is 19.5. The van der Waals surface area contributed by atoms with Gasteiger partial charge in [0.05, 0.1) is 20.1 Å². The Balaban J connectivity index is 2.29. The second-order valence-corrected chi connectivity index (χ2v) is 6.75. The van der Waals surface area contributed by atoms with Gasteiger partial charge < -0.3 is 19.7 Å². The van der Waals surface area contributed by atoms with E-state index in [0.717, 1.165) is 11.1 Å². The SMILES string of the molecule is COC(=O)CC[C@H](Cc1cccc(O)c1)[C@@H](Cc1cccc(O)c1)C(=O)OC. The van der Waals surface area contributed by atoms with Crippen LogP contribution >= 0.6 is 0 Å². The Kier molecular flexibility index (Phi) is 7.87. The summed E-state index contributed by atoms with van der Waals surface area (Å²) in [6.45, 7) is 0. The predicted molar refractivity (Wildman–Crippen MR) is 104 cm³/mol. The van der Waals surface area contributed by atoms with E-state index in [2.05, 4.69) is 0 Å². The van der Waals surface area contributed by atoms with Gasteiger partial charge in [-0.3, -0.25) is 9.59 Å². The monoisotopic (exact) mass is 386 g/mol. The highest BCUT2D eigenvalue weighted by atomic mass is 16.5. The number of ether oxygens (including phenoxy) is 2. The fourth-order valence-electron chi connectivity index (χ4n) is 3.37. The van der Waals surface area contributed by atoms with Crippen molar-refractivity contribution in [1.29, 1.82) is 0 Å². The van der Waals surface area contributed by atoms with E-state index in [1.54, 1.807) is 36.4 Å². The topological polar surface area (TPSA) is 93.1 Å². The smallest absolute Gasteiger partial charge is 0.309 e. The highest BCUT2D eigenvalue weighted by Gasteiger charge is 2.30. The molecule has 2 rings (SSSR count). The lowest BCUT2D eigenvalue weighted by Crippen LogP contribution is -2.29. The highest BCUT2D eigenvalue weighted by molar-refractivity contribution is 5.73. The van der Waals surface area contributed by atoms with E-state index in [9.17, 15) is 19.8 Å². The molecule has 2 aromatic rings. The standard InChI is InChI=1S/C22H26O6/c1-27-21(25)10-9-17(11-15-5-3-7-18(23)12-15)20(22(26)28-2)14-16-6-4-8-19(24)13-16/h3-8,12-13,17,20,23-24H,9-11,14H2,1-2H3/t17-,20-/m1/s1. The molecule has 28 heavy (non-hydrogen) atoms. The zero-order valence-electron chi connectivity index (χ0n) is 16.1. The van der Waals surface area contributed by atoms with Crippen molar-refractivity contribution in [2.75, 3.05) is 14.2 Å². The van der Waals surface area contributed by atoms with Gasteiger partial charge in [0.25, 0.3) is 0 Å². The summed E-state index contributed by atoms with van der Waals surface area (Å²) in [6.07, 6.45) is 1.46. The Hall–Kier alpha value is -3.02. The van der Waals surface area contributed by atoms with Gasteiger partial charge in [-0.05, 0) is 60.6 Å². The largest absolute Gasteiger partial charge is 0.508 e. The van der Waals surface area contributed by atoms with Crippen molar-refractivity contribution in [2.24, 2.45) is 11.8 Å². The van der Waals surface area contributed by atoms with Crippen LogP contribution in [-0.2, 0) is 31.9 Å². The van der Waals surface area contributed by atoms with Gasteiger partial charge in [-0.2, -0.15) is 0 Å². The summed E-state index contributed by atoms with van der Waals surface area (Å²) in [5.74, 6) is -1.18. The molecule has 2 atom stereocenters. The van der Waals surface area contributed by atoms with Crippen LogP contribution in [0.5, 0.6) is 11.5 Å². The minimum atomic E-state index is -0.515. The van der Waals surface area contributed by atoms with E-state index >= 15 is 0 Å². The van der Waals surface area contributed by atoms with E-state index < -0.39 is 5.92 Å². The number of hydrogen-bond donors (Lipinski definition) is 2. The van der Waals surface area contributed by atoms with Crippen LogP contribution in [0.2, 0.25) is 0 Å². The van der Waals surface area contributed by atoms with Crippen molar-refractivity contribution in [1.82, 2.24) is 0 Å². The summed E-state index contributed by atoms with van der Waals surface area (Å²) < 4.78 is 9.77. The van der Waals surface area contributed by atoms with Crippen molar-refractivity contribution in [3.05, 3.63) is 59.7 Å². The Morgan fingerprint density at radius 1 is 0.893 bits per heavy atom. The second-order valence-electron chi connectivity index (χ2n) is 6.75. The summed E-state index contributed by atoms with van der Waals surface area (Å²) in [4.78, 5) is 24.2. The maximum absolute atomic E-state index is 12.6. The number of phenolic OH excluding ortho intramolecular Hbond substituents is 2. The lowest BCUT2D eigenvalue weighted by molar-refractivity contribution is -0.148. The van der Waals surface area contributed by atoms with Crippen molar-refractivity contribution in [3.8, 4) is 11.5 Å². The number of hydrogen-bond acceptors (Lipinski definition) is 6. The molecule has 2 aromatic carbocycles. The second kappa shape index (κ2) is 10.3. The number of rotatable bonds is 9. The Morgan fingerprint density at radius 2 is 1.46 bits per heavy atom. The quantitative estimate of drug-likeness (QED) is 0.643. The van der Waals surface area contributed by atoms with Gasteiger partial charge in [-0.15, -0.1) is 0 Å². The van der Waals surface area contributed by atoms with E-state index in [-0.39, 0.29) is 35.8 Å². The lowest BCUT2D eigenvalue weighted by Gasteiger charge is -2.25. The van der Waals surface area contributed by atoms with Gasteiger partial charge in [0.15, 0.2) is 0 Å². The van der Waals surface area contributed by atoms with Crippen LogP contribution in [0.3, 0.4) is 0 Å². The molecule has 0 aromatic heterocycles. The Labute approximate surface area is 164 Å². The first-order valence-electron chi connectivity index (χ1n) is 9.13. The normalized spacial score (nSPS) is 12.8. The van der Waals surface area contributed by atoms with Crippen molar-refractivity contribution in [3.63, 3.8) is 0 Å². The molecule has 0 fully saturated rings. The van der Waals surface area contributed by atoms with Gasteiger partial charge in [0, 0.05) is 6.42 Å². The van der Waals surface area contributed by atoms with Gasteiger partial charge in [0.1, 0.15) is 11.5 Å². The molecule has 6 nitrogen and oxygen atoms in total. The van der Waals surface area contributed by atoms with Crippen LogP contribution in [0.15, 0.2) is 48.5 Å². The molecular weight excluding hydrogens is 360 g/mol. The van der Waals surface area contributed by atoms with Crippen LogP contribution in [0.1, 0.15) is 24.0 Å². The Bertz CT molecular complexity index is 801. The van der Waals surface area contributed by atoms with Gasteiger partial charge >= 0.3 is 11.9 Å². The zero-order valence-corrected chi connectivity index (χ0v) is 16.1. The number of methoxy groups -OCH3 is 2. The van der Waals surface area contributed by atoms with Gasteiger partial charge in [0.2, 0.25) is 0 Å². The van der Waals surface area contributed by atoms with Gasteiger partial charge in [-0.1, -0.05) is 24.3 Å². The minimum absolute atomic E-state index is 0.125. The van der Waals surface area contributed by atoms with E-state index in [0.29, 0.717) is 19.3 Å². The van der Waals surface area contributed by atoms with Crippen LogP contribution in [0, 0.1) is 11.8 Å². The molecular formula is C22H26O6. The number of carbonyl (C=O) groups excluding carboxylic acids is 2. The van der Waals surface area contributed by atoms with E-state index in [4.69, 9.17) is 9.47 Å². The third-order valence-corrected chi connectivity index (χ3v) is 4.79.